The van der Waals surface area contributed by atoms with Gasteiger partial charge in [-0.3, -0.25) is 10.1 Å². The molecule has 6 heteroatoms. The first kappa shape index (κ1) is 14.6. The van der Waals surface area contributed by atoms with Gasteiger partial charge in [0.1, 0.15) is 11.4 Å². The van der Waals surface area contributed by atoms with Crippen LogP contribution in [0.3, 0.4) is 0 Å². The van der Waals surface area contributed by atoms with Crippen molar-refractivity contribution in [1.29, 1.82) is 0 Å². The van der Waals surface area contributed by atoms with Crippen molar-refractivity contribution in [2.45, 2.75) is 19.4 Å². The fourth-order valence-corrected chi connectivity index (χ4v) is 2.69. The van der Waals surface area contributed by atoms with Crippen LogP contribution in [0.2, 0.25) is 0 Å². The number of likely N-dealkylation sites (N-methyl/N-ethyl adjacent to an activating group) is 1. The number of rotatable bonds is 5. The van der Waals surface area contributed by atoms with Crippen molar-refractivity contribution in [2.24, 2.45) is 0 Å². The molecule has 2 rings (SSSR count). The third-order valence-electron chi connectivity index (χ3n) is 3.80. The Morgan fingerprint density at radius 3 is 2.80 bits per heavy atom. The summed E-state index contributed by atoms with van der Waals surface area (Å²) in [5.41, 5.74) is 1.51. The van der Waals surface area contributed by atoms with Gasteiger partial charge >= 0.3 is 5.69 Å². The maximum Gasteiger partial charge on any atom is 0.315 e. The number of hydrogen-bond acceptors (Lipinski definition) is 5. The topological polar surface area (TPSA) is 61.6 Å². The Labute approximate surface area is 119 Å². The van der Waals surface area contributed by atoms with Gasteiger partial charge in [0.25, 0.3) is 0 Å². The van der Waals surface area contributed by atoms with Crippen molar-refractivity contribution in [3.8, 4) is 0 Å². The van der Waals surface area contributed by atoms with Gasteiger partial charge in [0.2, 0.25) is 0 Å². The van der Waals surface area contributed by atoms with Crippen molar-refractivity contribution < 1.29 is 4.92 Å². The molecule has 1 fully saturated rings. The summed E-state index contributed by atoms with van der Waals surface area (Å²) in [6.45, 7) is 4.31. The lowest BCUT2D eigenvalue weighted by atomic mass is 10.2. The van der Waals surface area contributed by atoms with Crippen LogP contribution in [0.1, 0.15) is 13.3 Å². The van der Waals surface area contributed by atoms with E-state index in [9.17, 15) is 10.1 Å². The van der Waals surface area contributed by atoms with Crippen molar-refractivity contribution in [2.75, 3.05) is 43.9 Å². The van der Waals surface area contributed by atoms with Gasteiger partial charge in [-0.15, -0.1) is 0 Å². The Morgan fingerprint density at radius 1 is 1.50 bits per heavy atom. The first-order valence-corrected chi connectivity index (χ1v) is 6.97. The van der Waals surface area contributed by atoms with Crippen molar-refractivity contribution in [3.05, 3.63) is 28.3 Å². The molecule has 1 N–H and O–H groups in total. The van der Waals surface area contributed by atoms with E-state index < -0.39 is 0 Å². The molecule has 20 heavy (non-hydrogen) atoms. The molecule has 6 nitrogen and oxygen atoms in total. The third kappa shape index (κ3) is 2.85. The minimum atomic E-state index is -0.281. The Kier molecular flexibility index (Phi) is 4.44. The van der Waals surface area contributed by atoms with Gasteiger partial charge in [-0.2, -0.15) is 0 Å². The van der Waals surface area contributed by atoms with Crippen LogP contribution in [0.15, 0.2) is 18.2 Å². The van der Waals surface area contributed by atoms with E-state index in [2.05, 4.69) is 29.2 Å². The zero-order valence-corrected chi connectivity index (χ0v) is 12.3. The molecule has 1 aliphatic rings. The van der Waals surface area contributed by atoms with Gasteiger partial charge in [-0.1, -0.05) is 6.07 Å². The van der Waals surface area contributed by atoms with Crippen LogP contribution in [0, 0.1) is 10.1 Å². The molecule has 1 unspecified atom stereocenters. The molecule has 0 aliphatic carbocycles. The zero-order chi connectivity index (χ0) is 14.7. The van der Waals surface area contributed by atoms with Crippen LogP contribution in [-0.4, -0.2) is 49.6 Å². The van der Waals surface area contributed by atoms with Gasteiger partial charge in [0.15, 0.2) is 0 Å². The highest BCUT2D eigenvalue weighted by molar-refractivity contribution is 5.77. The Bertz CT molecular complexity index is 490. The lowest BCUT2D eigenvalue weighted by Crippen LogP contribution is -2.31. The molecule has 0 radical (unpaired) electrons. The number of hydrogen-bond donors (Lipinski definition) is 1. The van der Waals surface area contributed by atoms with Crippen molar-refractivity contribution >= 4 is 17.1 Å². The van der Waals surface area contributed by atoms with Crippen molar-refractivity contribution in [1.82, 2.24) is 4.90 Å². The monoisotopic (exact) mass is 278 g/mol. The SMILES string of the molecule is CCNc1cccc(N2CCC(N(C)C)C2)c1[N+](=O)[O-]. The maximum absolute atomic E-state index is 11.4. The fraction of sp³-hybridized carbons (Fsp3) is 0.571. The number of para-hydroxylation sites is 1. The van der Waals surface area contributed by atoms with Gasteiger partial charge in [0, 0.05) is 25.7 Å². The van der Waals surface area contributed by atoms with E-state index in [0.717, 1.165) is 25.2 Å². The molecule has 1 aliphatic heterocycles. The van der Waals surface area contributed by atoms with Gasteiger partial charge in [0.05, 0.1) is 4.92 Å². The Balaban J connectivity index is 2.32. The van der Waals surface area contributed by atoms with E-state index in [0.29, 0.717) is 18.3 Å². The first-order chi connectivity index (χ1) is 9.54. The second-order valence-electron chi connectivity index (χ2n) is 5.31. The average Bonchev–Trinajstić information content (AvgIpc) is 2.88. The summed E-state index contributed by atoms with van der Waals surface area (Å²) in [7, 11) is 4.11. The predicted octanol–water partition coefficient (Wildman–Crippen LogP) is 2.17. The summed E-state index contributed by atoms with van der Waals surface area (Å²) < 4.78 is 0. The number of nitrogens with one attached hydrogen (secondary N) is 1. The predicted molar refractivity (Wildman–Crippen MR) is 81.6 cm³/mol. The normalized spacial score (nSPS) is 18.6. The van der Waals surface area contributed by atoms with E-state index in [-0.39, 0.29) is 10.6 Å². The summed E-state index contributed by atoms with van der Waals surface area (Å²) in [5, 5.41) is 14.5. The molecule has 1 heterocycles. The Hall–Kier alpha value is -1.82. The molecular weight excluding hydrogens is 256 g/mol. The fourth-order valence-electron chi connectivity index (χ4n) is 2.69. The van der Waals surface area contributed by atoms with E-state index >= 15 is 0 Å². The molecule has 110 valence electrons. The molecular formula is C14H22N4O2. The molecule has 0 bridgehead atoms. The number of benzene rings is 1. The lowest BCUT2D eigenvalue weighted by Gasteiger charge is -2.22. The molecule has 1 atom stereocenters. The largest absolute Gasteiger partial charge is 0.380 e. The van der Waals surface area contributed by atoms with Crippen LogP contribution >= 0.6 is 0 Å². The van der Waals surface area contributed by atoms with E-state index in [1.165, 1.54) is 0 Å². The van der Waals surface area contributed by atoms with Crippen LogP contribution in [0.5, 0.6) is 0 Å². The number of nitro benzene ring substituents is 1. The first-order valence-electron chi connectivity index (χ1n) is 6.97. The standard InChI is InChI=1S/C14H22N4O2/c1-4-15-12-6-5-7-13(14(12)18(19)20)17-9-8-11(10-17)16(2)3/h5-7,11,15H,4,8-10H2,1-3H3. The molecule has 0 aromatic heterocycles. The van der Waals surface area contributed by atoms with Crippen LogP contribution in [0.4, 0.5) is 17.1 Å². The summed E-state index contributed by atoms with van der Waals surface area (Å²) in [6.07, 6.45) is 1.04. The quantitative estimate of drug-likeness (QED) is 0.660. The Morgan fingerprint density at radius 2 is 2.25 bits per heavy atom. The molecule has 1 aromatic carbocycles. The average molecular weight is 278 g/mol. The van der Waals surface area contributed by atoms with Crippen LogP contribution in [-0.2, 0) is 0 Å². The van der Waals surface area contributed by atoms with E-state index in [4.69, 9.17) is 0 Å². The smallest absolute Gasteiger partial charge is 0.315 e. The molecule has 0 saturated carbocycles. The van der Waals surface area contributed by atoms with E-state index in [1.54, 1.807) is 6.07 Å². The highest BCUT2D eigenvalue weighted by Crippen LogP contribution is 2.37. The van der Waals surface area contributed by atoms with Gasteiger partial charge < -0.3 is 15.1 Å². The van der Waals surface area contributed by atoms with Gasteiger partial charge in [-0.05, 0) is 39.6 Å². The molecule has 0 amide bonds. The summed E-state index contributed by atoms with van der Waals surface area (Å²) in [6, 6.07) is 5.95. The maximum atomic E-state index is 11.4. The molecule has 0 spiro atoms. The second kappa shape index (κ2) is 6.09. The number of nitro groups is 1. The highest BCUT2D eigenvalue weighted by Gasteiger charge is 2.30. The van der Waals surface area contributed by atoms with E-state index in [1.807, 2.05) is 19.1 Å². The highest BCUT2D eigenvalue weighted by atomic mass is 16.6. The minimum absolute atomic E-state index is 0.189. The third-order valence-corrected chi connectivity index (χ3v) is 3.80. The summed E-state index contributed by atoms with van der Waals surface area (Å²) >= 11 is 0. The molecule has 1 aromatic rings. The van der Waals surface area contributed by atoms with Gasteiger partial charge in [-0.25, -0.2) is 0 Å². The lowest BCUT2D eigenvalue weighted by molar-refractivity contribution is -0.383. The van der Waals surface area contributed by atoms with Crippen LogP contribution in [0.25, 0.3) is 0 Å². The number of anilines is 2. The second-order valence-corrected chi connectivity index (χ2v) is 5.31. The van der Waals surface area contributed by atoms with Crippen LogP contribution < -0.4 is 10.2 Å². The summed E-state index contributed by atoms with van der Waals surface area (Å²) in [5.74, 6) is 0. The van der Waals surface area contributed by atoms with Crippen molar-refractivity contribution in [3.63, 3.8) is 0 Å². The molecule has 1 saturated heterocycles. The zero-order valence-electron chi connectivity index (χ0n) is 12.3. The summed E-state index contributed by atoms with van der Waals surface area (Å²) in [4.78, 5) is 15.4. The number of nitrogens with zero attached hydrogens (tertiary/aromatic N) is 3. The minimum Gasteiger partial charge on any atom is -0.380 e.